The van der Waals surface area contributed by atoms with Gasteiger partial charge in [-0.1, -0.05) is 13.8 Å². The molecule has 2 unspecified atom stereocenters. The predicted octanol–water partition coefficient (Wildman–Crippen LogP) is 2.56. The summed E-state index contributed by atoms with van der Waals surface area (Å²) >= 11 is 2.03. The molecule has 2 N–H and O–H groups in total. The standard InChI is InChI=1S/C14H28N2OS/c1-5-12(6-2)16-13(17)11(3)15-10-14(4)8-7-9-18-14/h11-12,15H,5-10H2,1-4H3,(H,16,17). The van der Waals surface area contributed by atoms with Crippen molar-refractivity contribution in [3.63, 3.8) is 0 Å². The molecule has 2 atom stereocenters. The van der Waals surface area contributed by atoms with Crippen LogP contribution in [0.15, 0.2) is 0 Å². The second-order valence-electron chi connectivity index (χ2n) is 5.53. The third kappa shape index (κ3) is 4.81. The number of hydrogen-bond acceptors (Lipinski definition) is 3. The zero-order chi connectivity index (χ0) is 13.6. The van der Waals surface area contributed by atoms with Gasteiger partial charge in [-0.05, 0) is 45.3 Å². The first-order chi connectivity index (χ1) is 8.50. The maximum Gasteiger partial charge on any atom is 0.237 e. The monoisotopic (exact) mass is 272 g/mol. The lowest BCUT2D eigenvalue weighted by Crippen LogP contribution is -2.48. The summed E-state index contributed by atoms with van der Waals surface area (Å²) in [5.74, 6) is 1.39. The summed E-state index contributed by atoms with van der Waals surface area (Å²) in [4.78, 5) is 12.0. The summed E-state index contributed by atoms with van der Waals surface area (Å²) in [6, 6.07) is 0.224. The number of carbonyl (C=O) groups is 1. The Labute approximate surface area is 116 Å². The van der Waals surface area contributed by atoms with Crippen LogP contribution in [0, 0.1) is 0 Å². The summed E-state index contributed by atoms with van der Waals surface area (Å²) < 4.78 is 0.323. The van der Waals surface area contributed by atoms with Gasteiger partial charge < -0.3 is 10.6 Å². The van der Waals surface area contributed by atoms with E-state index in [0.29, 0.717) is 10.8 Å². The zero-order valence-corrected chi connectivity index (χ0v) is 13.0. The molecule has 0 saturated carbocycles. The van der Waals surface area contributed by atoms with Crippen LogP contribution in [-0.2, 0) is 4.79 Å². The predicted molar refractivity (Wildman–Crippen MR) is 80.1 cm³/mol. The summed E-state index contributed by atoms with van der Waals surface area (Å²) in [6.45, 7) is 9.41. The van der Waals surface area contributed by atoms with E-state index < -0.39 is 0 Å². The first kappa shape index (κ1) is 15.8. The zero-order valence-electron chi connectivity index (χ0n) is 12.2. The molecule has 106 valence electrons. The lowest BCUT2D eigenvalue weighted by molar-refractivity contribution is -0.123. The quantitative estimate of drug-likeness (QED) is 0.748. The maximum atomic E-state index is 12.0. The molecule has 1 rings (SSSR count). The fraction of sp³-hybridized carbons (Fsp3) is 0.929. The molecule has 0 aromatic heterocycles. The number of amides is 1. The molecule has 0 bridgehead atoms. The van der Waals surface area contributed by atoms with E-state index in [1.54, 1.807) is 0 Å². The van der Waals surface area contributed by atoms with Gasteiger partial charge in [0.2, 0.25) is 5.91 Å². The van der Waals surface area contributed by atoms with Crippen molar-refractivity contribution < 1.29 is 4.79 Å². The van der Waals surface area contributed by atoms with E-state index in [1.165, 1.54) is 18.6 Å². The van der Waals surface area contributed by atoms with E-state index in [-0.39, 0.29) is 11.9 Å². The Morgan fingerprint density at radius 1 is 1.39 bits per heavy atom. The van der Waals surface area contributed by atoms with Crippen molar-refractivity contribution in [2.45, 2.75) is 70.2 Å². The van der Waals surface area contributed by atoms with Gasteiger partial charge in [0.1, 0.15) is 0 Å². The topological polar surface area (TPSA) is 41.1 Å². The summed E-state index contributed by atoms with van der Waals surface area (Å²) in [5, 5.41) is 6.48. The van der Waals surface area contributed by atoms with E-state index in [4.69, 9.17) is 0 Å². The highest BCUT2D eigenvalue weighted by Crippen LogP contribution is 2.36. The van der Waals surface area contributed by atoms with E-state index in [0.717, 1.165) is 19.4 Å². The molecule has 0 spiro atoms. The van der Waals surface area contributed by atoms with Crippen molar-refractivity contribution in [2.75, 3.05) is 12.3 Å². The van der Waals surface area contributed by atoms with Crippen LogP contribution in [-0.4, -0.2) is 35.0 Å². The molecule has 1 amide bonds. The Morgan fingerprint density at radius 2 is 2.06 bits per heavy atom. The molecular weight excluding hydrogens is 244 g/mol. The smallest absolute Gasteiger partial charge is 0.237 e. The summed E-state index contributed by atoms with van der Waals surface area (Å²) in [5.41, 5.74) is 0. The number of nitrogens with one attached hydrogen (secondary N) is 2. The minimum absolute atomic E-state index is 0.0939. The van der Waals surface area contributed by atoms with E-state index >= 15 is 0 Å². The molecule has 0 radical (unpaired) electrons. The van der Waals surface area contributed by atoms with Gasteiger partial charge in [-0.2, -0.15) is 11.8 Å². The Balaban J connectivity index is 2.31. The molecule has 1 aliphatic heterocycles. The molecule has 18 heavy (non-hydrogen) atoms. The number of thioether (sulfide) groups is 1. The van der Waals surface area contributed by atoms with Crippen LogP contribution >= 0.6 is 11.8 Å². The normalized spacial score (nSPS) is 25.4. The Hall–Kier alpha value is -0.220. The molecule has 3 nitrogen and oxygen atoms in total. The summed E-state index contributed by atoms with van der Waals surface area (Å²) in [6.07, 6.45) is 4.56. The Kier molecular flexibility index (Phi) is 6.50. The molecule has 1 saturated heterocycles. The minimum Gasteiger partial charge on any atom is -0.352 e. The van der Waals surface area contributed by atoms with Crippen molar-refractivity contribution in [2.24, 2.45) is 0 Å². The molecule has 0 aliphatic carbocycles. The van der Waals surface area contributed by atoms with E-state index in [2.05, 4.69) is 31.4 Å². The van der Waals surface area contributed by atoms with Crippen LogP contribution in [0.1, 0.15) is 53.4 Å². The van der Waals surface area contributed by atoms with Crippen LogP contribution in [0.4, 0.5) is 0 Å². The first-order valence-electron chi connectivity index (χ1n) is 7.18. The van der Waals surface area contributed by atoms with Crippen molar-refractivity contribution in [1.29, 1.82) is 0 Å². The third-order valence-electron chi connectivity index (χ3n) is 3.81. The number of carbonyl (C=O) groups excluding carboxylic acids is 1. The van der Waals surface area contributed by atoms with Gasteiger partial charge in [0.25, 0.3) is 0 Å². The average molecular weight is 272 g/mol. The van der Waals surface area contributed by atoms with E-state index in [1.807, 2.05) is 18.7 Å². The largest absolute Gasteiger partial charge is 0.352 e. The van der Waals surface area contributed by atoms with Crippen LogP contribution in [0.2, 0.25) is 0 Å². The Morgan fingerprint density at radius 3 is 2.56 bits per heavy atom. The highest BCUT2D eigenvalue weighted by atomic mass is 32.2. The van der Waals surface area contributed by atoms with Gasteiger partial charge in [0.05, 0.1) is 6.04 Å². The van der Waals surface area contributed by atoms with Gasteiger partial charge >= 0.3 is 0 Å². The average Bonchev–Trinajstić information content (AvgIpc) is 2.80. The van der Waals surface area contributed by atoms with Gasteiger partial charge in [0, 0.05) is 17.3 Å². The summed E-state index contributed by atoms with van der Waals surface area (Å²) in [7, 11) is 0. The van der Waals surface area contributed by atoms with Crippen LogP contribution in [0.5, 0.6) is 0 Å². The number of rotatable bonds is 7. The fourth-order valence-electron chi connectivity index (χ4n) is 2.26. The highest BCUT2D eigenvalue weighted by molar-refractivity contribution is 8.00. The third-order valence-corrected chi connectivity index (χ3v) is 5.35. The van der Waals surface area contributed by atoms with Crippen molar-refractivity contribution in [1.82, 2.24) is 10.6 Å². The molecule has 0 aromatic rings. The van der Waals surface area contributed by atoms with Gasteiger partial charge in [-0.25, -0.2) is 0 Å². The molecule has 4 heteroatoms. The Bertz CT molecular complexity index is 261. The molecule has 1 aliphatic rings. The van der Waals surface area contributed by atoms with Crippen LogP contribution in [0.25, 0.3) is 0 Å². The first-order valence-corrected chi connectivity index (χ1v) is 8.17. The van der Waals surface area contributed by atoms with Crippen LogP contribution < -0.4 is 10.6 Å². The van der Waals surface area contributed by atoms with Gasteiger partial charge in [-0.15, -0.1) is 0 Å². The maximum absolute atomic E-state index is 12.0. The SMILES string of the molecule is CCC(CC)NC(=O)C(C)NCC1(C)CCCS1. The van der Waals surface area contributed by atoms with Gasteiger partial charge in [0.15, 0.2) is 0 Å². The highest BCUT2D eigenvalue weighted by Gasteiger charge is 2.30. The second kappa shape index (κ2) is 7.39. The molecule has 0 aromatic carbocycles. The number of hydrogen-bond donors (Lipinski definition) is 2. The van der Waals surface area contributed by atoms with Crippen molar-refractivity contribution in [3.8, 4) is 0 Å². The van der Waals surface area contributed by atoms with Crippen molar-refractivity contribution >= 4 is 17.7 Å². The fourth-order valence-corrected chi connectivity index (χ4v) is 3.51. The lowest BCUT2D eigenvalue weighted by Gasteiger charge is -2.26. The minimum atomic E-state index is -0.0939. The second-order valence-corrected chi connectivity index (χ2v) is 7.21. The molecule has 1 heterocycles. The van der Waals surface area contributed by atoms with Crippen molar-refractivity contribution in [3.05, 3.63) is 0 Å². The van der Waals surface area contributed by atoms with Crippen LogP contribution in [0.3, 0.4) is 0 Å². The van der Waals surface area contributed by atoms with Gasteiger partial charge in [-0.3, -0.25) is 4.79 Å². The molecule has 1 fully saturated rings. The lowest BCUT2D eigenvalue weighted by atomic mass is 10.1. The molecular formula is C14H28N2OS. The van der Waals surface area contributed by atoms with E-state index in [9.17, 15) is 4.79 Å².